The fourth-order valence-electron chi connectivity index (χ4n) is 2.30. The van der Waals surface area contributed by atoms with E-state index in [-0.39, 0.29) is 0 Å². The molecule has 2 N–H and O–H groups in total. The molecule has 1 aromatic carbocycles. The van der Waals surface area contributed by atoms with Crippen LogP contribution in [0.3, 0.4) is 0 Å². The maximum absolute atomic E-state index is 5.94. The summed E-state index contributed by atoms with van der Waals surface area (Å²) in [6.07, 6.45) is 3.32. The van der Waals surface area contributed by atoms with E-state index in [0.717, 1.165) is 18.8 Å². The molecule has 0 radical (unpaired) electrons. The summed E-state index contributed by atoms with van der Waals surface area (Å²) >= 11 is 0. The van der Waals surface area contributed by atoms with Crippen LogP contribution in [0.4, 0.5) is 0 Å². The van der Waals surface area contributed by atoms with E-state index < -0.39 is 0 Å². The molecule has 0 saturated carbocycles. The minimum Gasteiger partial charge on any atom is -0.327 e. The number of fused-ring (bicyclic) bond motifs is 1. The molecule has 1 unspecified atom stereocenters. The largest absolute Gasteiger partial charge is 0.327 e. The second kappa shape index (κ2) is 3.74. The first-order valence-corrected chi connectivity index (χ1v) is 5.51. The van der Waals surface area contributed by atoms with Crippen molar-refractivity contribution in [1.82, 2.24) is 0 Å². The number of nitrogens with two attached hydrogens (primary N) is 1. The molecular formula is C13H19N. The highest BCUT2D eigenvalue weighted by molar-refractivity contribution is 5.37. The van der Waals surface area contributed by atoms with Crippen LogP contribution in [0.5, 0.6) is 0 Å². The van der Waals surface area contributed by atoms with Gasteiger partial charge in [0.1, 0.15) is 0 Å². The lowest BCUT2D eigenvalue weighted by atomic mass is 9.99. The first kappa shape index (κ1) is 9.72. The highest BCUT2D eigenvalue weighted by Crippen LogP contribution is 2.23. The Kier molecular flexibility index (Phi) is 2.60. The molecule has 0 aliphatic heterocycles. The van der Waals surface area contributed by atoms with Crippen molar-refractivity contribution < 1.29 is 0 Å². The smallest absolute Gasteiger partial charge is 0.0120 e. The van der Waals surface area contributed by atoms with Gasteiger partial charge in [-0.2, -0.15) is 0 Å². The third-order valence-electron chi connectivity index (χ3n) is 2.88. The average molecular weight is 189 g/mol. The van der Waals surface area contributed by atoms with E-state index in [1.807, 2.05) is 0 Å². The fourth-order valence-corrected chi connectivity index (χ4v) is 2.30. The van der Waals surface area contributed by atoms with Gasteiger partial charge in [0.25, 0.3) is 0 Å². The number of rotatable bonds is 2. The third-order valence-corrected chi connectivity index (χ3v) is 2.88. The topological polar surface area (TPSA) is 26.0 Å². The molecule has 1 heteroatoms. The summed E-state index contributed by atoms with van der Waals surface area (Å²) in [5.41, 5.74) is 10.3. The lowest BCUT2D eigenvalue weighted by molar-refractivity contribution is 0.646. The van der Waals surface area contributed by atoms with Gasteiger partial charge in [-0.15, -0.1) is 0 Å². The third kappa shape index (κ3) is 1.98. The van der Waals surface area contributed by atoms with Crippen molar-refractivity contribution in [2.75, 3.05) is 0 Å². The lowest BCUT2D eigenvalue weighted by Crippen LogP contribution is -2.18. The number of hydrogen-bond donors (Lipinski definition) is 1. The van der Waals surface area contributed by atoms with Crippen LogP contribution in [-0.2, 0) is 19.3 Å². The van der Waals surface area contributed by atoms with E-state index in [2.05, 4.69) is 32.0 Å². The number of benzene rings is 1. The molecule has 0 spiro atoms. The van der Waals surface area contributed by atoms with E-state index in [4.69, 9.17) is 5.73 Å². The first-order chi connectivity index (χ1) is 6.65. The van der Waals surface area contributed by atoms with Crippen LogP contribution in [0.1, 0.15) is 30.5 Å². The molecule has 1 aliphatic rings. The molecule has 0 amide bonds. The first-order valence-electron chi connectivity index (χ1n) is 5.51. The van der Waals surface area contributed by atoms with E-state index >= 15 is 0 Å². The van der Waals surface area contributed by atoms with Gasteiger partial charge in [0, 0.05) is 6.04 Å². The van der Waals surface area contributed by atoms with Crippen LogP contribution in [0.15, 0.2) is 18.2 Å². The Hall–Kier alpha value is -0.820. The van der Waals surface area contributed by atoms with Crippen LogP contribution < -0.4 is 5.73 Å². The van der Waals surface area contributed by atoms with Crippen LogP contribution in [-0.4, -0.2) is 6.04 Å². The van der Waals surface area contributed by atoms with Crippen molar-refractivity contribution in [3.05, 3.63) is 34.9 Å². The zero-order valence-corrected chi connectivity index (χ0v) is 9.09. The van der Waals surface area contributed by atoms with E-state index in [1.54, 1.807) is 0 Å². The van der Waals surface area contributed by atoms with Gasteiger partial charge >= 0.3 is 0 Å². The zero-order chi connectivity index (χ0) is 10.1. The summed E-state index contributed by atoms with van der Waals surface area (Å²) < 4.78 is 0. The Balaban J connectivity index is 2.20. The highest BCUT2D eigenvalue weighted by Gasteiger charge is 2.17. The molecule has 0 saturated heterocycles. The molecule has 1 atom stereocenters. The molecule has 1 nitrogen and oxygen atoms in total. The highest BCUT2D eigenvalue weighted by atomic mass is 14.6. The monoisotopic (exact) mass is 189 g/mol. The minimum absolute atomic E-state index is 0.360. The molecule has 0 heterocycles. The normalized spacial score (nSPS) is 20.1. The standard InChI is InChI=1S/C13H19N/c1-9(2)5-10-3-4-11-7-13(14)8-12(11)6-10/h3-4,6,9,13H,5,7-8,14H2,1-2H3. The summed E-state index contributed by atoms with van der Waals surface area (Å²) in [6.45, 7) is 4.53. The maximum atomic E-state index is 5.94. The Labute approximate surface area is 86.3 Å². The van der Waals surface area contributed by atoms with Gasteiger partial charge < -0.3 is 5.73 Å². The second-order valence-corrected chi connectivity index (χ2v) is 4.87. The van der Waals surface area contributed by atoms with Crippen molar-refractivity contribution in [3.8, 4) is 0 Å². The van der Waals surface area contributed by atoms with Crippen molar-refractivity contribution in [2.24, 2.45) is 11.7 Å². The van der Waals surface area contributed by atoms with E-state index in [0.29, 0.717) is 6.04 Å². The molecule has 1 aromatic rings. The van der Waals surface area contributed by atoms with Crippen LogP contribution >= 0.6 is 0 Å². The fraction of sp³-hybridized carbons (Fsp3) is 0.538. The molecule has 0 bridgehead atoms. The molecule has 14 heavy (non-hydrogen) atoms. The van der Waals surface area contributed by atoms with Gasteiger partial charge in [-0.25, -0.2) is 0 Å². The van der Waals surface area contributed by atoms with Crippen molar-refractivity contribution >= 4 is 0 Å². The van der Waals surface area contributed by atoms with Crippen LogP contribution in [0, 0.1) is 5.92 Å². The Bertz CT molecular complexity index is 328. The van der Waals surface area contributed by atoms with Crippen molar-refractivity contribution in [3.63, 3.8) is 0 Å². The van der Waals surface area contributed by atoms with Gasteiger partial charge in [-0.05, 0) is 41.9 Å². The summed E-state index contributed by atoms with van der Waals surface area (Å²) in [4.78, 5) is 0. The molecular weight excluding hydrogens is 170 g/mol. The van der Waals surface area contributed by atoms with Crippen LogP contribution in [0.25, 0.3) is 0 Å². The predicted octanol–water partition coefficient (Wildman–Crippen LogP) is 2.31. The molecule has 76 valence electrons. The predicted molar refractivity (Wildman–Crippen MR) is 60.4 cm³/mol. The zero-order valence-electron chi connectivity index (χ0n) is 9.09. The summed E-state index contributed by atoms with van der Waals surface area (Å²) in [5.74, 6) is 0.739. The number of hydrogen-bond acceptors (Lipinski definition) is 1. The van der Waals surface area contributed by atoms with Gasteiger partial charge in [0.05, 0.1) is 0 Å². The molecule has 2 rings (SSSR count). The molecule has 0 fully saturated rings. The summed E-state index contributed by atoms with van der Waals surface area (Å²) in [6, 6.07) is 7.23. The van der Waals surface area contributed by atoms with Crippen molar-refractivity contribution in [1.29, 1.82) is 0 Å². The Morgan fingerprint density at radius 2 is 2.00 bits per heavy atom. The average Bonchev–Trinajstić information content (AvgIpc) is 2.42. The Morgan fingerprint density at radius 1 is 1.29 bits per heavy atom. The Morgan fingerprint density at radius 3 is 2.71 bits per heavy atom. The van der Waals surface area contributed by atoms with Gasteiger partial charge in [0.2, 0.25) is 0 Å². The van der Waals surface area contributed by atoms with Gasteiger partial charge in [-0.1, -0.05) is 32.0 Å². The quantitative estimate of drug-likeness (QED) is 0.759. The van der Waals surface area contributed by atoms with E-state index in [1.165, 1.54) is 23.1 Å². The SMILES string of the molecule is CC(C)Cc1ccc2c(c1)CC(N)C2. The molecule has 0 aromatic heterocycles. The van der Waals surface area contributed by atoms with E-state index in [9.17, 15) is 0 Å². The van der Waals surface area contributed by atoms with Gasteiger partial charge in [-0.3, -0.25) is 0 Å². The minimum atomic E-state index is 0.360. The van der Waals surface area contributed by atoms with Crippen molar-refractivity contribution in [2.45, 2.75) is 39.2 Å². The van der Waals surface area contributed by atoms with Gasteiger partial charge in [0.15, 0.2) is 0 Å². The van der Waals surface area contributed by atoms with Crippen LogP contribution in [0.2, 0.25) is 0 Å². The lowest BCUT2D eigenvalue weighted by Gasteiger charge is -2.06. The second-order valence-electron chi connectivity index (χ2n) is 4.87. The summed E-state index contributed by atoms with van der Waals surface area (Å²) in [5, 5.41) is 0. The molecule has 1 aliphatic carbocycles. The maximum Gasteiger partial charge on any atom is 0.0120 e. The summed E-state index contributed by atoms with van der Waals surface area (Å²) in [7, 11) is 0.